The van der Waals surface area contributed by atoms with Crippen molar-refractivity contribution in [1.82, 2.24) is 10.6 Å². The van der Waals surface area contributed by atoms with Crippen LogP contribution in [0.1, 0.15) is 31.7 Å². The topological polar surface area (TPSA) is 45.7 Å². The summed E-state index contributed by atoms with van der Waals surface area (Å²) in [6, 6.07) is 10.4. The molecule has 0 aliphatic heterocycles. The number of aliphatic imine (C=N–C) groups is 1. The van der Waals surface area contributed by atoms with Gasteiger partial charge in [0.2, 0.25) is 0 Å². The summed E-state index contributed by atoms with van der Waals surface area (Å²) in [6.45, 7) is 5.62. The molecule has 0 radical (unpaired) electrons. The highest BCUT2D eigenvalue weighted by Crippen LogP contribution is 1.99. The Morgan fingerprint density at radius 3 is 2.36 bits per heavy atom. The molecule has 126 valence electrons. The van der Waals surface area contributed by atoms with Crippen LogP contribution < -0.4 is 10.6 Å². The largest absolute Gasteiger partial charge is 0.381 e. The number of hydrogen-bond acceptors (Lipinski definition) is 2. The van der Waals surface area contributed by atoms with Gasteiger partial charge in [0.1, 0.15) is 0 Å². The van der Waals surface area contributed by atoms with Gasteiger partial charge in [-0.2, -0.15) is 0 Å². The summed E-state index contributed by atoms with van der Waals surface area (Å²) in [7, 11) is 1.80. The molecular formula is C17H30IN3O. The molecule has 0 aliphatic carbocycles. The molecule has 0 heterocycles. The molecule has 0 unspecified atom stereocenters. The third kappa shape index (κ3) is 10.8. The number of nitrogens with zero attached hydrogens (tertiary/aromatic N) is 1. The van der Waals surface area contributed by atoms with E-state index in [0.717, 1.165) is 45.1 Å². The number of unbranched alkanes of at least 4 members (excludes halogenated alkanes) is 1. The van der Waals surface area contributed by atoms with Crippen LogP contribution >= 0.6 is 24.0 Å². The maximum atomic E-state index is 5.65. The fraction of sp³-hybridized carbons (Fsp3) is 0.588. The predicted octanol–water partition coefficient (Wildman–Crippen LogP) is 3.22. The monoisotopic (exact) mass is 419 g/mol. The molecule has 2 N–H and O–H groups in total. The van der Waals surface area contributed by atoms with Crippen molar-refractivity contribution < 1.29 is 4.74 Å². The normalized spacial score (nSPS) is 10.9. The molecule has 0 aliphatic rings. The van der Waals surface area contributed by atoms with E-state index in [0.29, 0.717) is 0 Å². The highest BCUT2D eigenvalue weighted by molar-refractivity contribution is 14.0. The molecule has 4 nitrogen and oxygen atoms in total. The molecular weight excluding hydrogens is 389 g/mol. The van der Waals surface area contributed by atoms with Gasteiger partial charge in [-0.15, -0.1) is 24.0 Å². The first-order valence-electron chi connectivity index (χ1n) is 7.93. The fourth-order valence-corrected chi connectivity index (χ4v) is 1.92. The standard InChI is InChI=1S/C17H29N3O.HI/c1-3-4-12-19-17(18-2)20-13-8-14-21-15-11-16-9-6-5-7-10-16;/h5-7,9-10H,3-4,8,11-15H2,1-2H3,(H2,18,19,20);1H. The molecule has 5 heteroatoms. The molecule has 0 amide bonds. The van der Waals surface area contributed by atoms with Crippen molar-refractivity contribution in [3.8, 4) is 0 Å². The van der Waals surface area contributed by atoms with Crippen LogP contribution in [0.25, 0.3) is 0 Å². The van der Waals surface area contributed by atoms with E-state index in [2.05, 4.69) is 46.8 Å². The van der Waals surface area contributed by atoms with Gasteiger partial charge in [0.25, 0.3) is 0 Å². The molecule has 0 saturated carbocycles. The van der Waals surface area contributed by atoms with Gasteiger partial charge in [-0.3, -0.25) is 4.99 Å². The van der Waals surface area contributed by atoms with E-state index >= 15 is 0 Å². The predicted molar refractivity (Wildman–Crippen MR) is 105 cm³/mol. The Balaban J connectivity index is 0.00000441. The number of hydrogen-bond donors (Lipinski definition) is 2. The zero-order chi connectivity index (χ0) is 15.2. The van der Waals surface area contributed by atoms with Gasteiger partial charge in [0.15, 0.2) is 5.96 Å². The lowest BCUT2D eigenvalue weighted by atomic mass is 10.2. The third-order valence-electron chi connectivity index (χ3n) is 3.18. The summed E-state index contributed by atoms with van der Waals surface area (Å²) >= 11 is 0. The van der Waals surface area contributed by atoms with Crippen molar-refractivity contribution in [1.29, 1.82) is 0 Å². The first-order chi connectivity index (χ1) is 10.4. The van der Waals surface area contributed by atoms with Gasteiger partial charge in [0.05, 0.1) is 6.61 Å². The van der Waals surface area contributed by atoms with E-state index in [9.17, 15) is 0 Å². The second kappa shape index (κ2) is 15.1. The van der Waals surface area contributed by atoms with E-state index < -0.39 is 0 Å². The molecule has 1 rings (SSSR count). The number of nitrogens with one attached hydrogen (secondary N) is 2. The zero-order valence-electron chi connectivity index (χ0n) is 13.8. The number of benzene rings is 1. The van der Waals surface area contributed by atoms with Crippen LogP contribution in [-0.4, -0.2) is 39.3 Å². The second-order valence-corrected chi connectivity index (χ2v) is 4.98. The van der Waals surface area contributed by atoms with E-state index in [1.807, 2.05) is 6.07 Å². The molecule has 0 bridgehead atoms. The summed E-state index contributed by atoms with van der Waals surface area (Å²) in [6.07, 6.45) is 4.33. The van der Waals surface area contributed by atoms with Gasteiger partial charge in [-0.1, -0.05) is 43.7 Å². The van der Waals surface area contributed by atoms with Crippen molar-refractivity contribution >= 4 is 29.9 Å². The Bertz CT molecular complexity index is 385. The Labute approximate surface area is 152 Å². The molecule has 0 fully saturated rings. The van der Waals surface area contributed by atoms with Crippen LogP contribution in [0.5, 0.6) is 0 Å². The zero-order valence-corrected chi connectivity index (χ0v) is 16.1. The molecule has 0 saturated heterocycles. The molecule has 1 aromatic carbocycles. The number of guanidine groups is 1. The second-order valence-electron chi connectivity index (χ2n) is 4.98. The minimum absolute atomic E-state index is 0. The van der Waals surface area contributed by atoms with Crippen LogP contribution in [0.3, 0.4) is 0 Å². The fourth-order valence-electron chi connectivity index (χ4n) is 1.92. The maximum absolute atomic E-state index is 5.65. The van der Waals surface area contributed by atoms with Crippen LogP contribution in [0.15, 0.2) is 35.3 Å². The van der Waals surface area contributed by atoms with Crippen LogP contribution in [0, 0.1) is 0 Å². The minimum Gasteiger partial charge on any atom is -0.381 e. The van der Waals surface area contributed by atoms with E-state index in [1.54, 1.807) is 7.05 Å². The molecule has 1 aromatic rings. The summed E-state index contributed by atoms with van der Waals surface area (Å²) in [5, 5.41) is 6.59. The SMILES string of the molecule is CCCCNC(=NC)NCCCOCCc1ccccc1.I. The first kappa shape index (κ1) is 21.2. The first-order valence-corrected chi connectivity index (χ1v) is 7.93. The van der Waals surface area contributed by atoms with Gasteiger partial charge < -0.3 is 15.4 Å². The van der Waals surface area contributed by atoms with Crippen molar-refractivity contribution in [3.63, 3.8) is 0 Å². The average Bonchev–Trinajstić information content (AvgIpc) is 2.53. The number of rotatable bonds is 10. The third-order valence-corrected chi connectivity index (χ3v) is 3.18. The summed E-state index contributed by atoms with van der Waals surface area (Å²) < 4.78 is 5.65. The highest BCUT2D eigenvalue weighted by Gasteiger charge is 1.96. The Morgan fingerprint density at radius 2 is 1.73 bits per heavy atom. The molecule has 22 heavy (non-hydrogen) atoms. The number of halogens is 1. The van der Waals surface area contributed by atoms with Crippen molar-refractivity contribution in [2.45, 2.75) is 32.6 Å². The minimum atomic E-state index is 0. The van der Waals surface area contributed by atoms with Gasteiger partial charge in [-0.05, 0) is 24.8 Å². The Hall–Kier alpha value is -0.820. The number of ether oxygens (including phenoxy) is 1. The van der Waals surface area contributed by atoms with E-state index in [1.165, 1.54) is 18.4 Å². The van der Waals surface area contributed by atoms with Crippen LogP contribution in [0.2, 0.25) is 0 Å². The van der Waals surface area contributed by atoms with Crippen molar-refractivity contribution in [2.75, 3.05) is 33.4 Å². The summed E-state index contributed by atoms with van der Waals surface area (Å²) in [5.41, 5.74) is 1.33. The summed E-state index contributed by atoms with van der Waals surface area (Å²) in [5.74, 6) is 0.882. The van der Waals surface area contributed by atoms with Crippen molar-refractivity contribution in [3.05, 3.63) is 35.9 Å². The smallest absolute Gasteiger partial charge is 0.190 e. The maximum Gasteiger partial charge on any atom is 0.190 e. The lowest BCUT2D eigenvalue weighted by Crippen LogP contribution is -2.38. The lowest BCUT2D eigenvalue weighted by molar-refractivity contribution is 0.135. The Kier molecular flexibility index (Phi) is 14.5. The van der Waals surface area contributed by atoms with Crippen molar-refractivity contribution in [2.24, 2.45) is 4.99 Å². The average molecular weight is 419 g/mol. The van der Waals surface area contributed by atoms with Gasteiger partial charge in [-0.25, -0.2) is 0 Å². The van der Waals surface area contributed by atoms with E-state index in [-0.39, 0.29) is 24.0 Å². The van der Waals surface area contributed by atoms with Gasteiger partial charge >= 0.3 is 0 Å². The van der Waals surface area contributed by atoms with Crippen LogP contribution in [0.4, 0.5) is 0 Å². The Morgan fingerprint density at radius 1 is 1.05 bits per heavy atom. The summed E-state index contributed by atoms with van der Waals surface area (Å²) in [4.78, 5) is 4.19. The quantitative estimate of drug-likeness (QED) is 0.265. The van der Waals surface area contributed by atoms with Crippen LogP contribution in [-0.2, 0) is 11.2 Å². The van der Waals surface area contributed by atoms with Gasteiger partial charge in [0, 0.05) is 26.7 Å². The molecule has 0 aromatic heterocycles. The molecule has 0 atom stereocenters. The lowest BCUT2D eigenvalue weighted by Gasteiger charge is -2.11. The molecule has 0 spiro atoms. The van der Waals surface area contributed by atoms with E-state index in [4.69, 9.17) is 4.74 Å². The highest BCUT2D eigenvalue weighted by atomic mass is 127.